The molecule has 4 aliphatic carbocycles. The number of hydrogen-bond donors (Lipinski definition) is 0. The molecule has 0 spiro atoms. The lowest BCUT2D eigenvalue weighted by Crippen LogP contribution is -2.29. The average molecular weight is 1820 g/mol. The van der Waals surface area contributed by atoms with Gasteiger partial charge in [-0.05, 0) is 191 Å². The molecule has 0 N–H and O–H groups in total. The highest BCUT2D eigenvalue weighted by Crippen LogP contribution is 2.71. The van der Waals surface area contributed by atoms with Gasteiger partial charge < -0.3 is 9.47 Å². The Balaban J connectivity index is 1.11. The number of allylic oxidation sites excluding steroid dienone is 6. The van der Waals surface area contributed by atoms with E-state index in [-0.39, 0.29) is 88.1 Å². The third kappa shape index (κ3) is 17.4. The van der Waals surface area contributed by atoms with Crippen molar-refractivity contribution in [2.75, 3.05) is 13.2 Å². The average Bonchev–Trinajstić information content (AvgIpc) is 1.49. The summed E-state index contributed by atoms with van der Waals surface area (Å²) in [5, 5.41) is 46.1. The van der Waals surface area contributed by atoms with E-state index in [0.717, 1.165) is 260 Å². The highest BCUT2D eigenvalue weighted by atomic mass is 35.5. The molecule has 16 heteroatoms. The van der Waals surface area contributed by atoms with Crippen LogP contribution in [0.3, 0.4) is 0 Å². The molecule has 0 aliphatic heterocycles. The molecule has 7 aromatic carbocycles. The molecular formula is C110H110Cl4N4O4S4. The van der Waals surface area contributed by atoms with Crippen LogP contribution in [0, 0.1) is 57.2 Å². The number of aryl methyl sites for hydroxylation is 4. The summed E-state index contributed by atoms with van der Waals surface area (Å²) in [6.07, 6.45) is 33.6. The molecule has 0 bridgehead atoms. The fourth-order valence-corrected chi connectivity index (χ4v) is 25.8. The normalized spacial score (nSPS) is 14.9. The lowest BCUT2D eigenvalue weighted by Gasteiger charge is -2.35. The highest BCUT2D eigenvalue weighted by molar-refractivity contribution is 7.29. The van der Waals surface area contributed by atoms with Crippen LogP contribution in [0.5, 0.6) is 11.5 Å². The van der Waals surface area contributed by atoms with Gasteiger partial charge in [-0.1, -0.05) is 314 Å². The Morgan fingerprint density at radius 3 is 0.944 bits per heavy atom. The summed E-state index contributed by atoms with van der Waals surface area (Å²) in [5.41, 5.74) is 13.4. The Kier molecular flexibility index (Phi) is 29.9. The quantitative estimate of drug-likeness (QED) is 0.0209. The van der Waals surface area contributed by atoms with Gasteiger partial charge in [-0.2, -0.15) is 21.0 Å². The van der Waals surface area contributed by atoms with Crippen LogP contribution in [0.15, 0.2) is 156 Å². The SMILES string of the molecule is CCCCCCc1ccc(C2(c3ccc(CCCCCC)cc3)c3cc(C=C4C(=O)c5cc(Cl)c(Cl)cc5C4=C(C#N)C#N)sc3-c3sc4c(OCC(CC)CCCC)c5c6c(sc5c(OCC(CC)CCCC)c4c32)-c2sc(C=C3C(=O)c4cc(Cl)c(Cl)cc4C3=C(C#N)C#N)cc2C6(c2ccc(CCCCCC)cc2)c2ccc(CCCCCC)cc2)cc1. The van der Waals surface area contributed by atoms with Crippen LogP contribution in [-0.4, -0.2) is 24.8 Å². The minimum atomic E-state index is -1.06. The standard InChI is InChI=1S/C110H110Cl4N4O4S4/c1-9-17-23-27-33-69-37-45-75(46-38-69)109(76-47-39-70(40-48-76)34-28-24-18-10-2)87-55-79(53-85-93(73(61-115)62-116)81-57-89(111)91(113)59-83(81)99(85)119)123-103(87)107-97(109)95-101(121-65-67(15-7)31-21-13-5)106-96(102(105(95)125-107)122-66-68(16-8)32-22-14-6)98-108(126-106)104-88(56-80(124-104)54-86-94(74(63-117)64-118)82-58-90(112)92(114)60-84(82)100(86)120)110(98,77-49-41-71(42-50-77)35-29-25-19-11-3)78-51-43-72(44-52-78)36-30-26-20-12-4/h37-60,67-68H,9-36,65-66H2,1-8H3. The third-order valence-electron chi connectivity index (χ3n) is 26.7. The molecule has 0 radical (unpaired) electrons. The topological polar surface area (TPSA) is 148 Å². The summed E-state index contributed by atoms with van der Waals surface area (Å²) in [6.45, 7) is 19.1. The Morgan fingerprint density at radius 1 is 0.373 bits per heavy atom. The molecule has 0 saturated carbocycles. The van der Waals surface area contributed by atoms with Crippen molar-refractivity contribution in [1.29, 1.82) is 21.0 Å². The summed E-state index contributed by atoms with van der Waals surface area (Å²) in [5.74, 6) is 1.33. The fraction of sp³-hybridized carbons (Fsp3) is 0.382. The molecule has 11 aromatic rings. The van der Waals surface area contributed by atoms with Crippen LogP contribution in [0.2, 0.25) is 20.1 Å². The van der Waals surface area contributed by atoms with Crippen molar-refractivity contribution in [2.24, 2.45) is 11.8 Å². The minimum absolute atomic E-state index is 0.197. The van der Waals surface area contributed by atoms with Crippen LogP contribution in [0.1, 0.15) is 318 Å². The zero-order valence-corrected chi connectivity index (χ0v) is 80.1. The number of Topliss-reactive ketones (excluding diaryl/α,β-unsaturated/α-hetero) is 2. The number of ether oxygens (including phenoxy) is 2. The van der Waals surface area contributed by atoms with Gasteiger partial charge >= 0.3 is 0 Å². The molecule has 8 nitrogen and oxygen atoms in total. The van der Waals surface area contributed by atoms with Gasteiger partial charge in [0, 0.05) is 65.1 Å². The molecule has 4 heterocycles. The van der Waals surface area contributed by atoms with Crippen molar-refractivity contribution in [3.8, 4) is 55.3 Å². The largest absolute Gasteiger partial charge is 0.491 e. The van der Waals surface area contributed by atoms with Crippen LogP contribution in [0.25, 0.3) is 63.0 Å². The summed E-state index contributed by atoms with van der Waals surface area (Å²) in [6, 6.07) is 57.3. The number of carbonyl (C=O) groups is 2. The molecule has 2 atom stereocenters. The van der Waals surface area contributed by atoms with Gasteiger partial charge in [-0.15, -0.1) is 45.3 Å². The van der Waals surface area contributed by atoms with Gasteiger partial charge in [0.1, 0.15) is 46.9 Å². The summed E-state index contributed by atoms with van der Waals surface area (Å²) < 4.78 is 18.4. The van der Waals surface area contributed by atoms with E-state index in [9.17, 15) is 21.0 Å². The maximum absolute atomic E-state index is 15.3. The maximum atomic E-state index is 15.3. The molecule has 2 unspecified atom stereocenters. The van der Waals surface area contributed by atoms with Crippen molar-refractivity contribution < 1.29 is 19.1 Å². The van der Waals surface area contributed by atoms with Gasteiger partial charge in [-0.3, -0.25) is 9.59 Å². The molecule has 15 rings (SSSR count). The van der Waals surface area contributed by atoms with Crippen molar-refractivity contribution in [1.82, 2.24) is 0 Å². The number of ketones is 2. The van der Waals surface area contributed by atoms with Crippen LogP contribution in [-0.2, 0) is 36.5 Å². The highest BCUT2D eigenvalue weighted by Gasteiger charge is 2.55. The van der Waals surface area contributed by atoms with Gasteiger partial charge in [0.25, 0.3) is 0 Å². The lowest BCUT2D eigenvalue weighted by atomic mass is 9.66. The Morgan fingerprint density at radius 2 is 0.667 bits per heavy atom. The van der Waals surface area contributed by atoms with Crippen LogP contribution in [0.4, 0.5) is 0 Å². The first-order chi connectivity index (χ1) is 61.5. The predicted octanol–water partition coefficient (Wildman–Crippen LogP) is 33.4. The number of benzene rings is 7. The van der Waals surface area contributed by atoms with Crippen molar-refractivity contribution in [3.63, 3.8) is 0 Å². The molecule has 4 aliphatic rings. The number of hydrogen-bond acceptors (Lipinski definition) is 12. The Hall–Kier alpha value is -9.12. The van der Waals surface area contributed by atoms with E-state index >= 15 is 9.59 Å². The third-order valence-corrected chi connectivity index (χ3v) is 33.0. The number of thiophene rings is 4. The molecule has 646 valence electrons. The molecule has 0 amide bonds. The van der Waals surface area contributed by atoms with E-state index in [1.165, 1.54) is 47.9 Å². The Labute approximate surface area is 781 Å². The monoisotopic (exact) mass is 1820 g/mol. The van der Waals surface area contributed by atoms with Crippen LogP contribution < -0.4 is 9.47 Å². The first-order valence-electron chi connectivity index (χ1n) is 46.1. The molecule has 0 fully saturated rings. The van der Waals surface area contributed by atoms with Crippen molar-refractivity contribution in [3.05, 3.63) is 275 Å². The second-order valence-corrected chi connectivity index (χ2v) is 40.6. The van der Waals surface area contributed by atoms with Gasteiger partial charge in [0.15, 0.2) is 11.6 Å². The smallest absolute Gasteiger partial charge is 0.194 e. The molecule has 4 aromatic heterocycles. The number of halogens is 4. The second-order valence-electron chi connectivity index (χ2n) is 34.8. The van der Waals surface area contributed by atoms with Crippen molar-refractivity contribution >= 4 is 147 Å². The minimum Gasteiger partial charge on any atom is -0.491 e. The van der Waals surface area contributed by atoms with Gasteiger partial charge in [-0.25, -0.2) is 0 Å². The van der Waals surface area contributed by atoms with Gasteiger partial charge in [0.05, 0.1) is 73.0 Å². The van der Waals surface area contributed by atoms with E-state index in [1.807, 2.05) is 12.2 Å². The number of nitriles is 4. The summed E-state index contributed by atoms with van der Waals surface area (Å²) >= 11 is 33.9. The number of fused-ring (bicyclic) bond motifs is 12. The molecule has 126 heavy (non-hydrogen) atoms. The fourth-order valence-electron chi connectivity index (χ4n) is 19.8. The first kappa shape index (κ1) is 91.6. The van der Waals surface area contributed by atoms with E-state index in [4.69, 9.17) is 55.9 Å². The zero-order chi connectivity index (χ0) is 88.5. The maximum Gasteiger partial charge on any atom is 0.194 e. The first-order valence-corrected chi connectivity index (χ1v) is 50.9. The van der Waals surface area contributed by atoms with Gasteiger partial charge in [0.2, 0.25) is 0 Å². The summed E-state index contributed by atoms with van der Waals surface area (Å²) in [4.78, 5) is 36.4. The van der Waals surface area contributed by atoms with E-state index in [1.54, 1.807) is 69.6 Å². The van der Waals surface area contributed by atoms with E-state index in [0.29, 0.717) is 24.3 Å². The molecule has 0 saturated heterocycles. The number of rotatable bonds is 40. The zero-order valence-electron chi connectivity index (χ0n) is 73.8. The lowest BCUT2D eigenvalue weighted by molar-refractivity contribution is 0.103. The number of unbranched alkanes of at least 4 members (excludes halogenated alkanes) is 14. The Bertz CT molecular complexity index is 5730. The van der Waals surface area contributed by atoms with E-state index in [2.05, 4.69) is 189 Å². The summed E-state index contributed by atoms with van der Waals surface area (Å²) in [7, 11) is 0. The van der Waals surface area contributed by atoms with Crippen LogP contribution >= 0.6 is 91.8 Å². The van der Waals surface area contributed by atoms with Crippen molar-refractivity contribution in [2.45, 2.75) is 246 Å². The van der Waals surface area contributed by atoms with E-state index < -0.39 is 10.8 Å². The number of nitrogens with zero attached hydrogens (tertiary/aromatic N) is 4. The number of carbonyl (C=O) groups excluding carboxylic acids is 2. The second kappa shape index (κ2) is 41.1. The molecular weight excluding hydrogens is 1710 g/mol. The predicted molar refractivity (Wildman–Crippen MR) is 530 cm³/mol.